The van der Waals surface area contributed by atoms with E-state index >= 15 is 0 Å². The van der Waals surface area contributed by atoms with Crippen molar-refractivity contribution in [1.82, 2.24) is 29.1 Å². The van der Waals surface area contributed by atoms with Crippen LogP contribution in [0.4, 0.5) is 24.7 Å². The van der Waals surface area contributed by atoms with Crippen molar-refractivity contribution in [2.24, 2.45) is 7.05 Å². The van der Waals surface area contributed by atoms with E-state index in [9.17, 15) is 18.0 Å². The van der Waals surface area contributed by atoms with Gasteiger partial charge in [0.2, 0.25) is 0 Å². The number of aromatic nitrogens is 6. The lowest BCUT2D eigenvalue weighted by Crippen LogP contribution is -2.30. The van der Waals surface area contributed by atoms with Gasteiger partial charge in [-0.2, -0.15) is 18.3 Å². The summed E-state index contributed by atoms with van der Waals surface area (Å²) in [6, 6.07) is 7.15. The number of anilines is 2. The number of alkyl halides is 3. The standard InChI is InChI=1S/C22H17F3N8O/c1-31-11-16(8-29-31)32(10-15-4-3-14(7-28-15)22(23,24)25)21(34)13-2-5-17-18(6-13)33-12-27-9-19(33)20(26)30-17/h2-9,11-12H,10H2,1H3,(H2,26,30). The first kappa shape index (κ1) is 21.4. The largest absolute Gasteiger partial charge is 0.417 e. The summed E-state index contributed by atoms with van der Waals surface area (Å²) in [5.41, 5.74) is 8.04. The number of carbonyl (C=O) groups excluding carboxylic acids is 1. The highest BCUT2D eigenvalue weighted by Crippen LogP contribution is 2.29. The van der Waals surface area contributed by atoms with Crippen molar-refractivity contribution < 1.29 is 18.0 Å². The van der Waals surface area contributed by atoms with E-state index < -0.39 is 11.7 Å². The first-order valence-electron chi connectivity index (χ1n) is 10.0. The molecule has 0 fully saturated rings. The van der Waals surface area contributed by atoms with Gasteiger partial charge in [0.25, 0.3) is 5.91 Å². The molecule has 0 bridgehead atoms. The predicted octanol–water partition coefficient (Wildman–Crippen LogP) is 3.46. The molecule has 5 rings (SSSR count). The van der Waals surface area contributed by atoms with Crippen molar-refractivity contribution in [3.05, 3.63) is 78.3 Å². The van der Waals surface area contributed by atoms with Gasteiger partial charge in [-0.25, -0.2) is 9.97 Å². The molecule has 1 amide bonds. The lowest BCUT2D eigenvalue weighted by Gasteiger charge is -2.21. The predicted molar refractivity (Wildman–Crippen MR) is 118 cm³/mol. The fourth-order valence-corrected chi connectivity index (χ4v) is 3.64. The zero-order chi connectivity index (χ0) is 24.0. The highest BCUT2D eigenvalue weighted by Gasteiger charge is 2.31. The molecule has 172 valence electrons. The number of fused-ring (bicyclic) bond motifs is 3. The molecule has 2 N–H and O–H groups in total. The second kappa shape index (κ2) is 7.83. The Labute approximate surface area is 190 Å². The first-order valence-corrected chi connectivity index (χ1v) is 10.0. The van der Waals surface area contributed by atoms with Crippen LogP contribution < -0.4 is 10.6 Å². The highest BCUT2D eigenvalue weighted by atomic mass is 19.4. The Hall–Kier alpha value is -4.48. The van der Waals surface area contributed by atoms with Crippen molar-refractivity contribution in [2.45, 2.75) is 12.7 Å². The van der Waals surface area contributed by atoms with E-state index in [4.69, 9.17) is 5.73 Å². The fraction of sp³-hybridized carbons (Fsp3) is 0.136. The van der Waals surface area contributed by atoms with Gasteiger partial charge in [0.15, 0.2) is 0 Å². The lowest BCUT2D eigenvalue weighted by molar-refractivity contribution is -0.137. The van der Waals surface area contributed by atoms with Crippen LogP contribution in [-0.2, 0) is 19.8 Å². The van der Waals surface area contributed by atoms with E-state index in [-0.39, 0.29) is 18.1 Å². The van der Waals surface area contributed by atoms with Crippen LogP contribution in [0, 0.1) is 0 Å². The SMILES string of the molecule is Cn1cc(N(Cc2ccc(C(F)(F)F)cn2)C(=O)c2ccc3nc(N)c4cncn4c3c2)cn1. The number of aryl methyl sites for hydroxylation is 1. The number of nitrogens with zero attached hydrogens (tertiary/aromatic N) is 7. The zero-order valence-electron chi connectivity index (χ0n) is 17.7. The molecule has 0 radical (unpaired) electrons. The minimum Gasteiger partial charge on any atom is -0.382 e. The van der Waals surface area contributed by atoms with Crippen LogP contribution in [0.3, 0.4) is 0 Å². The Balaban J connectivity index is 1.54. The van der Waals surface area contributed by atoms with Crippen LogP contribution in [0.1, 0.15) is 21.6 Å². The van der Waals surface area contributed by atoms with E-state index in [0.29, 0.717) is 33.6 Å². The maximum absolute atomic E-state index is 13.6. The minimum absolute atomic E-state index is 0.0544. The average Bonchev–Trinajstić information content (AvgIpc) is 3.46. The lowest BCUT2D eigenvalue weighted by atomic mass is 10.1. The summed E-state index contributed by atoms with van der Waals surface area (Å²) >= 11 is 0. The summed E-state index contributed by atoms with van der Waals surface area (Å²) in [6.07, 6.45) is 2.55. The number of hydrogen-bond acceptors (Lipinski definition) is 6. The number of nitrogen functional groups attached to an aromatic ring is 1. The summed E-state index contributed by atoms with van der Waals surface area (Å²) in [5, 5.41) is 4.11. The van der Waals surface area contributed by atoms with Crippen LogP contribution in [0.2, 0.25) is 0 Å². The third-order valence-corrected chi connectivity index (χ3v) is 5.34. The quantitative estimate of drug-likeness (QED) is 0.435. The van der Waals surface area contributed by atoms with Gasteiger partial charge >= 0.3 is 6.18 Å². The van der Waals surface area contributed by atoms with Crippen LogP contribution in [0.5, 0.6) is 0 Å². The molecule has 0 aliphatic carbocycles. The van der Waals surface area contributed by atoms with Crippen LogP contribution in [0.15, 0.2) is 61.4 Å². The number of carbonyl (C=O) groups is 1. The molecule has 34 heavy (non-hydrogen) atoms. The molecule has 4 heterocycles. The number of benzene rings is 1. The van der Waals surface area contributed by atoms with Gasteiger partial charge in [0, 0.05) is 25.0 Å². The van der Waals surface area contributed by atoms with Gasteiger partial charge in [-0.1, -0.05) is 0 Å². The number of nitrogens with two attached hydrogens (primary N) is 1. The molecule has 5 aromatic rings. The fourth-order valence-electron chi connectivity index (χ4n) is 3.64. The number of halogens is 3. The molecular weight excluding hydrogens is 449 g/mol. The Bertz CT molecular complexity index is 1520. The highest BCUT2D eigenvalue weighted by molar-refractivity contribution is 6.07. The summed E-state index contributed by atoms with van der Waals surface area (Å²) in [7, 11) is 1.70. The molecule has 4 aromatic heterocycles. The molecule has 0 aliphatic heterocycles. The Morgan fingerprint density at radius 1 is 1.12 bits per heavy atom. The molecule has 0 saturated heterocycles. The monoisotopic (exact) mass is 466 g/mol. The Morgan fingerprint density at radius 2 is 1.94 bits per heavy atom. The van der Waals surface area contributed by atoms with E-state index in [0.717, 1.165) is 12.3 Å². The van der Waals surface area contributed by atoms with Crippen molar-refractivity contribution in [2.75, 3.05) is 10.6 Å². The maximum Gasteiger partial charge on any atom is 0.417 e. The normalized spacial score (nSPS) is 11.9. The van der Waals surface area contributed by atoms with Gasteiger partial charge in [-0.15, -0.1) is 0 Å². The van der Waals surface area contributed by atoms with Crippen molar-refractivity contribution >= 4 is 34.0 Å². The number of hydrogen-bond donors (Lipinski definition) is 1. The maximum atomic E-state index is 13.6. The van der Waals surface area contributed by atoms with Crippen LogP contribution in [-0.4, -0.2) is 35.0 Å². The molecule has 0 saturated carbocycles. The molecule has 0 spiro atoms. The number of amides is 1. The molecule has 9 nitrogen and oxygen atoms in total. The third kappa shape index (κ3) is 3.78. The van der Waals surface area contributed by atoms with Crippen molar-refractivity contribution in [3.63, 3.8) is 0 Å². The second-order valence-electron chi connectivity index (χ2n) is 7.65. The Morgan fingerprint density at radius 3 is 2.62 bits per heavy atom. The van der Waals surface area contributed by atoms with Gasteiger partial charge in [0.05, 0.1) is 53.2 Å². The Kier molecular flexibility index (Phi) is 4.92. The van der Waals surface area contributed by atoms with Gasteiger partial charge in [0.1, 0.15) is 11.3 Å². The topological polar surface area (TPSA) is 107 Å². The van der Waals surface area contributed by atoms with Gasteiger partial charge in [-0.05, 0) is 30.3 Å². The summed E-state index contributed by atoms with van der Waals surface area (Å²) in [5.74, 6) is -0.0730. The summed E-state index contributed by atoms with van der Waals surface area (Å²) in [4.78, 5) is 27.3. The number of imidazole rings is 1. The van der Waals surface area contributed by atoms with E-state index in [1.54, 1.807) is 48.4 Å². The number of pyridine rings is 1. The average molecular weight is 466 g/mol. The van der Waals surface area contributed by atoms with Gasteiger partial charge in [-0.3, -0.25) is 23.8 Å². The molecule has 0 unspecified atom stereocenters. The third-order valence-electron chi connectivity index (χ3n) is 5.34. The van der Waals surface area contributed by atoms with Crippen LogP contribution in [0.25, 0.3) is 16.6 Å². The smallest absolute Gasteiger partial charge is 0.382 e. The summed E-state index contributed by atoms with van der Waals surface area (Å²) < 4.78 is 42.0. The van der Waals surface area contributed by atoms with E-state index in [1.807, 2.05) is 0 Å². The molecule has 0 aliphatic rings. The minimum atomic E-state index is -4.49. The zero-order valence-corrected chi connectivity index (χ0v) is 17.7. The molecule has 0 atom stereocenters. The van der Waals surface area contributed by atoms with Gasteiger partial charge < -0.3 is 5.73 Å². The van der Waals surface area contributed by atoms with Crippen molar-refractivity contribution in [3.8, 4) is 0 Å². The first-order chi connectivity index (χ1) is 16.2. The molecule has 1 aromatic carbocycles. The van der Waals surface area contributed by atoms with Crippen LogP contribution >= 0.6 is 0 Å². The molecular formula is C22H17F3N8O. The van der Waals surface area contributed by atoms with Crippen molar-refractivity contribution in [1.29, 1.82) is 0 Å². The second-order valence-corrected chi connectivity index (χ2v) is 7.65. The van der Waals surface area contributed by atoms with E-state index in [2.05, 4.69) is 20.1 Å². The molecule has 12 heteroatoms. The number of rotatable bonds is 4. The summed E-state index contributed by atoms with van der Waals surface area (Å²) in [6.45, 7) is -0.0544. The van der Waals surface area contributed by atoms with E-state index in [1.165, 1.54) is 21.8 Å².